The third-order valence-electron chi connectivity index (χ3n) is 5.76. The van der Waals surface area contributed by atoms with Gasteiger partial charge in [-0.15, -0.1) is 0 Å². The van der Waals surface area contributed by atoms with E-state index in [4.69, 9.17) is 11.6 Å². The van der Waals surface area contributed by atoms with Crippen molar-refractivity contribution in [3.05, 3.63) is 93.9 Å². The molecular weight excluding hydrogens is 483 g/mol. The van der Waals surface area contributed by atoms with E-state index in [0.29, 0.717) is 43.5 Å². The van der Waals surface area contributed by atoms with Crippen LogP contribution in [-0.4, -0.2) is 36.3 Å². The number of pyridine rings is 1. The third kappa shape index (κ3) is 4.22. The van der Waals surface area contributed by atoms with E-state index in [2.05, 4.69) is 15.3 Å². The molecule has 0 bridgehead atoms. The van der Waals surface area contributed by atoms with E-state index < -0.39 is 25.0 Å². The highest BCUT2D eigenvalue weighted by Crippen LogP contribution is 2.31. The number of nitrogens with zero attached hydrogens (tertiary/aromatic N) is 4. The number of rotatable bonds is 6. The Kier molecular flexibility index (Phi) is 5.91. The summed E-state index contributed by atoms with van der Waals surface area (Å²) in [5.74, 6) is -0.592. The molecule has 2 aromatic carbocycles. The number of hydrogen-bond acceptors (Lipinski definition) is 4. The molecule has 0 saturated carbocycles. The van der Waals surface area contributed by atoms with Crippen molar-refractivity contribution >= 4 is 22.5 Å². The van der Waals surface area contributed by atoms with Crippen molar-refractivity contribution in [1.82, 2.24) is 24.5 Å². The van der Waals surface area contributed by atoms with Crippen molar-refractivity contribution in [2.75, 3.05) is 6.61 Å². The van der Waals surface area contributed by atoms with Crippen LogP contribution in [0.5, 0.6) is 0 Å². The zero-order chi connectivity index (χ0) is 24.7. The van der Waals surface area contributed by atoms with Crippen LogP contribution >= 0.6 is 11.6 Å². The molecule has 0 saturated heterocycles. The van der Waals surface area contributed by atoms with Crippen LogP contribution < -0.4 is 5.56 Å². The van der Waals surface area contributed by atoms with Crippen LogP contribution in [0.15, 0.2) is 71.9 Å². The van der Waals surface area contributed by atoms with Gasteiger partial charge in [-0.25, -0.2) is 9.07 Å². The summed E-state index contributed by atoms with van der Waals surface area (Å²) in [6.45, 7) is -3.15. The normalized spacial score (nSPS) is 12.5. The summed E-state index contributed by atoms with van der Waals surface area (Å²) >= 11 is 5.87. The molecule has 11 heteroatoms. The lowest BCUT2D eigenvalue weighted by molar-refractivity contribution is 0.0566. The number of alkyl halides is 2. The van der Waals surface area contributed by atoms with Crippen molar-refractivity contribution in [2.45, 2.75) is 12.6 Å². The van der Waals surface area contributed by atoms with Gasteiger partial charge in [0.15, 0.2) is 0 Å². The summed E-state index contributed by atoms with van der Waals surface area (Å²) in [5.41, 5.74) is 2.99. The molecule has 0 fully saturated rings. The predicted octanol–water partition coefficient (Wildman–Crippen LogP) is 5.02. The fraction of sp³-hybridized carbons (Fsp3) is 0.125. The molecule has 0 unspecified atom stereocenters. The Morgan fingerprint density at radius 1 is 1.06 bits per heavy atom. The maximum Gasteiger partial charge on any atom is 0.333 e. The second-order valence-corrected chi connectivity index (χ2v) is 8.26. The summed E-state index contributed by atoms with van der Waals surface area (Å²) in [7, 11) is 0. The molecule has 2 N–H and O–H groups in total. The van der Waals surface area contributed by atoms with Gasteiger partial charge in [0.25, 0.3) is 5.56 Å². The van der Waals surface area contributed by atoms with Crippen LogP contribution in [0.3, 0.4) is 0 Å². The summed E-state index contributed by atoms with van der Waals surface area (Å²) in [4.78, 5) is 13.0. The second-order valence-electron chi connectivity index (χ2n) is 7.85. The topological polar surface area (TPSA) is 88.7 Å². The van der Waals surface area contributed by atoms with E-state index in [1.54, 1.807) is 30.5 Å². The maximum absolute atomic E-state index is 13.5. The minimum atomic E-state index is -2.76. The number of hydrogen-bond donors (Lipinski definition) is 2. The van der Waals surface area contributed by atoms with E-state index in [-0.39, 0.29) is 10.6 Å². The van der Waals surface area contributed by atoms with Crippen LogP contribution in [0.1, 0.15) is 18.2 Å². The molecule has 5 rings (SSSR count). The van der Waals surface area contributed by atoms with Crippen molar-refractivity contribution in [2.24, 2.45) is 0 Å². The SMILES string of the molecule is O=c1cc(-c2ccc3[nH]nc(-c4cnn(C(F)F)c4)c3c2)ccn1[C@H](CO)c1ccc(F)c(Cl)c1. The number of aromatic amines is 1. The molecule has 0 spiro atoms. The van der Waals surface area contributed by atoms with Crippen molar-refractivity contribution < 1.29 is 18.3 Å². The fourth-order valence-electron chi connectivity index (χ4n) is 3.98. The van der Waals surface area contributed by atoms with E-state index in [0.717, 1.165) is 0 Å². The van der Waals surface area contributed by atoms with E-state index in [9.17, 15) is 23.1 Å². The number of aromatic nitrogens is 5. The largest absolute Gasteiger partial charge is 0.394 e. The smallest absolute Gasteiger partial charge is 0.333 e. The maximum atomic E-state index is 13.5. The second kappa shape index (κ2) is 9.05. The van der Waals surface area contributed by atoms with Gasteiger partial charge in [0.2, 0.25) is 0 Å². The van der Waals surface area contributed by atoms with Crippen molar-refractivity contribution in [3.8, 4) is 22.4 Å². The highest BCUT2D eigenvalue weighted by Gasteiger charge is 2.17. The number of fused-ring (bicyclic) bond motifs is 1. The Morgan fingerprint density at radius 3 is 2.54 bits per heavy atom. The number of H-pyrrole nitrogens is 1. The zero-order valence-electron chi connectivity index (χ0n) is 17.9. The molecule has 35 heavy (non-hydrogen) atoms. The molecule has 0 amide bonds. The van der Waals surface area contributed by atoms with Gasteiger partial charge >= 0.3 is 6.55 Å². The van der Waals surface area contributed by atoms with E-state index >= 15 is 0 Å². The first-order valence-electron chi connectivity index (χ1n) is 10.4. The van der Waals surface area contributed by atoms with Gasteiger partial charge < -0.3 is 9.67 Å². The number of aliphatic hydroxyl groups excluding tert-OH is 1. The minimum absolute atomic E-state index is 0.103. The lowest BCUT2D eigenvalue weighted by Gasteiger charge is -2.19. The molecule has 3 heterocycles. The number of benzene rings is 2. The van der Waals surface area contributed by atoms with Gasteiger partial charge in [-0.05, 0) is 47.0 Å². The van der Waals surface area contributed by atoms with E-state index in [1.807, 2.05) is 0 Å². The molecule has 0 aliphatic rings. The van der Waals surface area contributed by atoms with Crippen LogP contribution in [-0.2, 0) is 0 Å². The molecular formula is C24H17ClF3N5O2. The summed E-state index contributed by atoms with van der Waals surface area (Å²) < 4.78 is 41.3. The van der Waals surface area contributed by atoms with Crippen LogP contribution in [0.25, 0.3) is 33.3 Å². The summed E-state index contributed by atoms with van der Waals surface area (Å²) in [5, 5.41) is 21.2. The van der Waals surface area contributed by atoms with Gasteiger partial charge in [-0.2, -0.15) is 19.0 Å². The predicted molar refractivity (Wildman–Crippen MR) is 125 cm³/mol. The highest BCUT2D eigenvalue weighted by atomic mass is 35.5. The molecule has 178 valence electrons. The molecule has 5 aromatic rings. The molecule has 1 atom stereocenters. The van der Waals surface area contributed by atoms with Crippen LogP contribution in [0.2, 0.25) is 5.02 Å². The highest BCUT2D eigenvalue weighted by molar-refractivity contribution is 6.30. The number of aliphatic hydroxyl groups is 1. The fourth-order valence-corrected chi connectivity index (χ4v) is 4.17. The Bertz CT molecular complexity index is 1590. The minimum Gasteiger partial charge on any atom is -0.394 e. The molecule has 7 nitrogen and oxygen atoms in total. The van der Waals surface area contributed by atoms with Gasteiger partial charge in [-0.3, -0.25) is 9.89 Å². The standard InChI is InChI=1S/C24H17ClF3N5O2/c25-18-8-15(1-3-19(18)26)21(12-34)32-6-5-14(9-22(32)35)13-2-4-20-17(7-13)23(31-30-20)16-10-29-33(11-16)24(27)28/h1-11,21,24,34H,12H2,(H,30,31)/t21-/m1/s1. The zero-order valence-corrected chi connectivity index (χ0v) is 18.6. The molecule has 0 aliphatic carbocycles. The lowest BCUT2D eigenvalue weighted by atomic mass is 10.0. The summed E-state index contributed by atoms with van der Waals surface area (Å²) in [6.07, 6.45) is 4.07. The Balaban J connectivity index is 1.52. The molecule has 3 aromatic heterocycles. The van der Waals surface area contributed by atoms with Crippen molar-refractivity contribution in [3.63, 3.8) is 0 Å². The first kappa shape index (κ1) is 22.9. The quantitative estimate of drug-likeness (QED) is 0.343. The van der Waals surface area contributed by atoms with Gasteiger partial charge in [0.1, 0.15) is 11.5 Å². The van der Waals surface area contributed by atoms with Crippen LogP contribution in [0, 0.1) is 5.82 Å². The van der Waals surface area contributed by atoms with Crippen LogP contribution in [0.4, 0.5) is 13.2 Å². The average Bonchev–Trinajstić information content (AvgIpc) is 3.49. The first-order chi connectivity index (χ1) is 16.9. The van der Waals surface area contributed by atoms with Gasteiger partial charge in [0, 0.05) is 29.4 Å². The Hall–Kier alpha value is -3.89. The molecule has 0 aliphatic heterocycles. The molecule has 0 radical (unpaired) electrons. The Morgan fingerprint density at radius 2 is 1.86 bits per heavy atom. The van der Waals surface area contributed by atoms with Gasteiger partial charge in [0.05, 0.1) is 29.4 Å². The monoisotopic (exact) mass is 499 g/mol. The number of nitrogens with one attached hydrogen (secondary N) is 1. The van der Waals surface area contributed by atoms with Gasteiger partial charge in [-0.1, -0.05) is 23.7 Å². The summed E-state index contributed by atoms with van der Waals surface area (Å²) in [6, 6.07) is 11.8. The number of halogens is 4. The lowest BCUT2D eigenvalue weighted by Crippen LogP contribution is -2.26. The average molecular weight is 500 g/mol. The van der Waals surface area contributed by atoms with E-state index in [1.165, 1.54) is 41.2 Å². The Labute approximate surface area is 201 Å². The third-order valence-corrected chi connectivity index (χ3v) is 6.05. The van der Waals surface area contributed by atoms with Crippen molar-refractivity contribution in [1.29, 1.82) is 0 Å². The first-order valence-corrected chi connectivity index (χ1v) is 10.8.